The molecule has 88 valence electrons. The summed E-state index contributed by atoms with van der Waals surface area (Å²) >= 11 is 0. The van der Waals surface area contributed by atoms with Gasteiger partial charge in [-0.3, -0.25) is 9.79 Å². The van der Waals surface area contributed by atoms with E-state index in [1.807, 2.05) is 6.92 Å². The first-order chi connectivity index (χ1) is 7.65. The van der Waals surface area contributed by atoms with Crippen molar-refractivity contribution in [2.75, 3.05) is 13.1 Å². The van der Waals surface area contributed by atoms with E-state index in [1.165, 1.54) is 0 Å². The van der Waals surface area contributed by atoms with Crippen molar-refractivity contribution in [2.45, 2.75) is 19.8 Å². The maximum atomic E-state index is 11.6. The highest BCUT2D eigenvalue weighted by atomic mass is 16.2. The molecule has 0 unspecified atom stereocenters. The molecule has 7 nitrogen and oxygen atoms in total. The predicted molar refractivity (Wildman–Crippen MR) is 60.4 cm³/mol. The van der Waals surface area contributed by atoms with Gasteiger partial charge in [0.15, 0.2) is 0 Å². The van der Waals surface area contributed by atoms with E-state index in [0.717, 1.165) is 6.42 Å². The zero-order valence-electron chi connectivity index (χ0n) is 9.12. The van der Waals surface area contributed by atoms with Crippen molar-refractivity contribution < 1.29 is 9.59 Å². The number of nitrogens with one attached hydrogen (secondary N) is 2. The normalized spacial score (nSPS) is 17.2. The molecule has 16 heavy (non-hydrogen) atoms. The zero-order valence-corrected chi connectivity index (χ0v) is 9.12. The number of rotatable bonds is 3. The van der Waals surface area contributed by atoms with Crippen LogP contribution < -0.4 is 16.5 Å². The molecule has 0 aromatic carbocycles. The number of urea groups is 1. The quantitative estimate of drug-likeness (QED) is 0.439. The largest absolute Gasteiger partial charge is 0.351 e. The lowest BCUT2D eigenvalue weighted by atomic mass is 10.1. The lowest BCUT2D eigenvalue weighted by Gasteiger charge is -2.05. The van der Waals surface area contributed by atoms with Gasteiger partial charge in [-0.1, -0.05) is 6.92 Å². The molecule has 0 atom stereocenters. The van der Waals surface area contributed by atoms with Crippen molar-refractivity contribution in [3.63, 3.8) is 0 Å². The van der Waals surface area contributed by atoms with Gasteiger partial charge >= 0.3 is 6.03 Å². The molecule has 0 aliphatic carbocycles. The fourth-order valence-corrected chi connectivity index (χ4v) is 1.27. The third kappa shape index (κ3) is 3.34. The number of nitrogens with zero attached hydrogens (tertiary/aromatic N) is 2. The maximum absolute atomic E-state index is 11.6. The Bertz CT molecular complexity index is 348. The van der Waals surface area contributed by atoms with E-state index in [0.29, 0.717) is 25.2 Å². The fraction of sp³-hybridized carbons (Fsp3) is 0.556. The molecule has 4 N–H and O–H groups in total. The molecule has 0 spiro atoms. The number of hydrogen-bond donors (Lipinski definition) is 3. The Balaban J connectivity index is 2.84. The maximum Gasteiger partial charge on any atom is 0.332 e. The molecule has 3 amide bonds. The topological polar surface area (TPSA) is 109 Å². The van der Waals surface area contributed by atoms with E-state index in [1.54, 1.807) is 0 Å². The van der Waals surface area contributed by atoms with E-state index in [4.69, 9.17) is 5.73 Å². The van der Waals surface area contributed by atoms with Crippen LogP contribution in [0.1, 0.15) is 19.8 Å². The predicted octanol–water partition coefficient (Wildman–Crippen LogP) is -0.618. The molecule has 0 fully saturated rings. The Morgan fingerprint density at radius 2 is 2.44 bits per heavy atom. The molecule has 1 heterocycles. The molecule has 0 aromatic heterocycles. The Kier molecular flexibility index (Phi) is 4.43. The molecule has 7 heteroatoms. The van der Waals surface area contributed by atoms with Crippen LogP contribution >= 0.6 is 0 Å². The van der Waals surface area contributed by atoms with Gasteiger partial charge in [0.25, 0.3) is 5.91 Å². The van der Waals surface area contributed by atoms with Crippen molar-refractivity contribution >= 4 is 23.4 Å². The van der Waals surface area contributed by atoms with Crippen molar-refractivity contribution in [3.05, 3.63) is 0 Å². The van der Waals surface area contributed by atoms with Crippen LogP contribution in [0.2, 0.25) is 0 Å². The highest BCUT2D eigenvalue weighted by Gasteiger charge is 2.18. The molecule has 1 aliphatic heterocycles. The molecular weight excluding hydrogens is 210 g/mol. The van der Waals surface area contributed by atoms with Crippen LogP contribution in [-0.4, -0.2) is 36.5 Å². The number of hydrazone groups is 1. The molecule has 1 aliphatic rings. The summed E-state index contributed by atoms with van der Waals surface area (Å²) in [6, 6.07) is -0.763. The van der Waals surface area contributed by atoms with E-state index in [2.05, 4.69) is 20.8 Å². The van der Waals surface area contributed by atoms with Crippen molar-refractivity contribution in [2.24, 2.45) is 15.8 Å². The number of primary amides is 1. The number of carbonyl (C=O) groups is 2. The minimum Gasteiger partial charge on any atom is -0.351 e. The summed E-state index contributed by atoms with van der Waals surface area (Å²) in [5.41, 5.74) is 7.69. The Labute approximate surface area is 93.2 Å². The first kappa shape index (κ1) is 12.2. The van der Waals surface area contributed by atoms with Gasteiger partial charge in [0.2, 0.25) is 0 Å². The minimum absolute atomic E-state index is 0.260. The number of nitrogens with two attached hydrogens (primary N) is 1. The van der Waals surface area contributed by atoms with Gasteiger partial charge in [0.05, 0.1) is 5.71 Å². The van der Waals surface area contributed by atoms with Gasteiger partial charge in [-0.25, -0.2) is 10.2 Å². The van der Waals surface area contributed by atoms with Crippen LogP contribution in [0.15, 0.2) is 10.1 Å². The lowest BCUT2D eigenvalue weighted by molar-refractivity contribution is -0.114. The van der Waals surface area contributed by atoms with Gasteiger partial charge in [0, 0.05) is 13.1 Å². The Morgan fingerprint density at radius 1 is 1.69 bits per heavy atom. The van der Waals surface area contributed by atoms with Gasteiger partial charge in [0.1, 0.15) is 5.71 Å². The molecule has 0 bridgehead atoms. The second-order valence-corrected chi connectivity index (χ2v) is 3.23. The van der Waals surface area contributed by atoms with Crippen molar-refractivity contribution in [1.82, 2.24) is 10.7 Å². The summed E-state index contributed by atoms with van der Waals surface area (Å²) in [5.74, 6) is -0.260. The van der Waals surface area contributed by atoms with Crippen molar-refractivity contribution in [3.8, 4) is 0 Å². The Hall–Kier alpha value is -1.92. The Morgan fingerprint density at radius 3 is 3.06 bits per heavy atom. The number of aliphatic imine (C=N–C) groups is 1. The van der Waals surface area contributed by atoms with Crippen LogP contribution in [0.25, 0.3) is 0 Å². The fourth-order valence-electron chi connectivity index (χ4n) is 1.27. The van der Waals surface area contributed by atoms with E-state index in [9.17, 15) is 9.59 Å². The summed E-state index contributed by atoms with van der Waals surface area (Å²) in [6.07, 6.45) is 1.29. The van der Waals surface area contributed by atoms with E-state index in [-0.39, 0.29) is 11.6 Å². The monoisotopic (exact) mass is 225 g/mol. The van der Waals surface area contributed by atoms with Crippen LogP contribution in [0.5, 0.6) is 0 Å². The third-order valence-electron chi connectivity index (χ3n) is 2.01. The van der Waals surface area contributed by atoms with Crippen LogP contribution in [0, 0.1) is 0 Å². The summed E-state index contributed by atoms with van der Waals surface area (Å²) in [4.78, 5) is 26.2. The highest BCUT2D eigenvalue weighted by Crippen LogP contribution is 1.96. The van der Waals surface area contributed by atoms with Gasteiger partial charge < -0.3 is 11.1 Å². The van der Waals surface area contributed by atoms with Crippen LogP contribution in [0.3, 0.4) is 0 Å². The lowest BCUT2D eigenvalue weighted by Crippen LogP contribution is -2.36. The molecule has 0 saturated carbocycles. The average molecular weight is 225 g/mol. The molecular formula is C9H15N5O2. The van der Waals surface area contributed by atoms with Crippen LogP contribution in [-0.2, 0) is 4.79 Å². The van der Waals surface area contributed by atoms with Gasteiger partial charge in [-0.05, 0) is 12.8 Å². The molecule has 1 rings (SSSR count). The van der Waals surface area contributed by atoms with Crippen LogP contribution in [0.4, 0.5) is 4.79 Å². The number of carbonyl (C=O) groups excluding carboxylic acids is 2. The summed E-state index contributed by atoms with van der Waals surface area (Å²) in [5, 5.41) is 6.46. The average Bonchev–Trinajstić information content (AvgIpc) is 2.45. The first-order valence-corrected chi connectivity index (χ1v) is 5.10. The zero-order chi connectivity index (χ0) is 12.0. The van der Waals surface area contributed by atoms with Crippen molar-refractivity contribution in [1.29, 1.82) is 0 Å². The number of amides is 3. The van der Waals surface area contributed by atoms with Gasteiger partial charge in [-0.15, -0.1) is 0 Å². The van der Waals surface area contributed by atoms with E-state index >= 15 is 0 Å². The second-order valence-electron chi connectivity index (χ2n) is 3.23. The summed E-state index contributed by atoms with van der Waals surface area (Å²) in [6.45, 7) is 3.00. The second kappa shape index (κ2) is 5.84. The summed E-state index contributed by atoms with van der Waals surface area (Å²) < 4.78 is 0. The van der Waals surface area contributed by atoms with E-state index < -0.39 is 6.03 Å². The van der Waals surface area contributed by atoms with Gasteiger partial charge in [-0.2, -0.15) is 5.10 Å². The standard InChI is InChI=1S/C9H15N5O2/c1-2-6(13-14-9(10)16)7-8(15)12-5-3-4-11-7/h2-5H2,1H3,(H,12,15)(H3,10,14,16)/b13-6-. The molecule has 0 radical (unpaired) electrons. The minimum atomic E-state index is -0.763. The third-order valence-corrected chi connectivity index (χ3v) is 2.01. The highest BCUT2D eigenvalue weighted by molar-refractivity contribution is 6.67. The molecule has 0 saturated heterocycles. The SMILES string of the molecule is CC/C(=N/NC(N)=O)C1=NCCCNC1=O. The smallest absolute Gasteiger partial charge is 0.332 e. The summed E-state index contributed by atoms with van der Waals surface area (Å²) in [7, 11) is 0. The first-order valence-electron chi connectivity index (χ1n) is 5.10. The number of hydrogen-bond acceptors (Lipinski definition) is 4. The molecule has 0 aromatic rings.